The van der Waals surface area contributed by atoms with E-state index in [4.69, 9.17) is 4.74 Å². The van der Waals surface area contributed by atoms with Gasteiger partial charge in [-0.2, -0.15) is 0 Å². The minimum absolute atomic E-state index is 0.275. The summed E-state index contributed by atoms with van der Waals surface area (Å²) in [5, 5.41) is 8.42. The second-order valence-electron chi connectivity index (χ2n) is 14.0. The number of ether oxygens (including phenoxy) is 1. The van der Waals surface area contributed by atoms with Crippen molar-refractivity contribution in [3.05, 3.63) is 48.6 Å². The van der Waals surface area contributed by atoms with E-state index in [-0.39, 0.29) is 11.2 Å². The van der Waals surface area contributed by atoms with E-state index in [1.54, 1.807) is 18.6 Å². The Balaban J connectivity index is 0.976. The highest BCUT2D eigenvalue weighted by molar-refractivity contribution is 5.73. The third kappa shape index (κ3) is 5.06. The Morgan fingerprint density at radius 3 is 2.58 bits per heavy atom. The Bertz CT molecular complexity index is 1480. The van der Waals surface area contributed by atoms with E-state index >= 15 is 0 Å². The third-order valence-corrected chi connectivity index (χ3v) is 10.7. The lowest BCUT2D eigenvalue weighted by Crippen LogP contribution is -2.66. The van der Waals surface area contributed by atoms with Gasteiger partial charge in [-0.1, -0.05) is 13.8 Å². The molecule has 2 saturated carbocycles. The normalized spacial score (nSPS) is 25.8. The van der Waals surface area contributed by atoms with Crippen LogP contribution in [0.25, 0.3) is 11.1 Å². The number of halogens is 1. The monoisotopic (exact) mass is 584 g/mol. The van der Waals surface area contributed by atoms with Crippen LogP contribution < -0.4 is 9.64 Å². The standard InChI is InChI=1S/C33H41FN8O/c1-21(2)30(23-12-25(13-23)40-9-3-10-40)42-17-33(18-42)8-11-41(16-33)31-32(39-38-20-37-31)43-28-7-6-24(34)14-26(28)27-15-35-19-36-29(27)22-4-5-22/h6-7,14-15,19-23,25,30H,3-5,8-13,16-18H2,1-2H3/t23?,25?,30-/m0/s1. The van der Waals surface area contributed by atoms with Crippen LogP contribution >= 0.6 is 0 Å². The van der Waals surface area contributed by atoms with Crippen LogP contribution in [0.2, 0.25) is 0 Å². The predicted molar refractivity (Wildman–Crippen MR) is 161 cm³/mol. The van der Waals surface area contributed by atoms with Gasteiger partial charge in [-0.25, -0.2) is 19.3 Å². The first-order valence-corrected chi connectivity index (χ1v) is 16.1. The molecule has 3 aromatic rings. The van der Waals surface area contributed by atoms with Gasteiger partial charge in [0.25, 0.3) is 5.88 Å². The van der Waals surface area contributed by atoms with Gasteiger partial charge < -0.3 is 14.5 Å². The van der Waals surface area contributed by atoms with E-state index in [0.717, 1.165) is 68.7 Å². The summed E-state index contributed by atoms with van der Waals surface area (Å²) in [7, 11) is 0. The molecule has 5 heterocycles. The lowest BCUT2D eigenvalue weighted by molar-refractivity contribution is -0.0857. The highest BCUT2D eigenvalue weighted by Gasteiger charge is 2.53. The zero-order valence-corrected chi connectivity index (χ0v) is 25.2. The molecule has 1 spiro atoms. The summed E-state index contributed by atoms with van der Waals surface area (Å²) >= 11 is 0. The van der Waals surface area contributed by atoms with Crippen LogP contribution in [0.4, 0.5) is 10.2 Å². The fourth-order valence-electron chi connectivity index (χ4n) is 8.25. The quantitative estimate of drug-likeness (QED) is 0.339. The topological polar surface area (TPSA) is 83.4 Å². The highest BCUT2D eigenvalue weighted by atomic mass is 19.1. The first-order chi connectivity index (χ1) is 21.0. The highest BCUT2D eigenvalue weighted by Crippen LogP contribution is 2.49. The smallest absolute Gasteiger partial charge is 0.282 e. The molecule has 10 heteroatoms. The van der Waals surface area contributed by atoms with Gasteiger partial charge in [0.1, 0.15) is 24.2 Å². The number of hydrogen-bond donors (Lipinski definition) is 0. The Kier molecular flexibility index (Phi) is 6.82. The molecule has 43 heavy (non-hydrogen) atoms. The summed E-state index contributed by atoms with van der Waals surface area (Å²) in [6.07, 6.45) is 12.2. The van der Waals surface area contributed by atoms with E-state index in [1.165, 1.54) is 50.8 Å². The van der Waals surface area contributed by atoms with Gasteiger partial charge in [-0.3, -0.25) is 4.90 Å². The van der Waals surface area contributed by atoms with Crippen molar-refractivity contribution in [3.8, 4) is 22.8 Å². The van der Waals surface area contributed by atoms with Crippen molar-refractivity contribution in [1.82, 2.24) is 34.9 Å². The molecule has 226 valence electrons. The Morgan fingerprint density at radius 2 is 1.84 bits per heavy atom. The number of anilines is 1. The molecule has 5 aliphatic rings. The largest absolute Gasteiger partial charge is 0.434 e. The average molecular weight is 585 g/mol. The van der Waals surface area contributed by atoms with Crippen LogP contribution in [0.5, 0.6) is 11.6 Å². The maximum absolute atomic E-state index is 14.5. The molecule has 2 aromatic heterocycles. The first kappa shape index (κ1) is 27.3. The zero-order valence-electron chi connectivity index (χ0n) is 25.2. The first-order valence-electron chi connectivity index (χ1n) is 16.1. The summed E-state index contributed by atoms with van der Waals surface area (Å²) in [5.41, 5.74) is 2.64. The molecule has 9 nitrogen and oxygen atoms in total. The fourth-order valence-corrected chi connectivity index (χ4v) is 8.25. The fraction of sp³-hybridized carbons (Fsp3) is 0.606. The summed E-state index contributed by atoms with van der Waals surface area (Å²) in [5.74, 6) is 3.09. The van der Waals surface area contributed by atoms with Gasteiger partial charge in [0.15, 0.2) is 5.82 Å². The average Bonchev–Trinajstić information content (AvgIpc) is 3.69. The summed E-state index contributed by atoms with van der Waals surface area (Å²) in [6.45, 7) is 11.5. The molecule has 1 aromatic carbocycles. The van der Waals surface area contributed by atoms with E-state index in [0.29, 0.717) is 40.9 Å². The number of benzene rings is 1. The SMILES string of the molecule is CC(C)[C@@H](C1CC(N2CCC2)C1)N1CC2(CCN(c3ncnnc3Oc3ccc(F)cc3-c3cncnc3C3CC3)C2)C1. The van der Waals surface area contributed by atoms with E-state index < -0.39 is 0 Å². The molecule has 0 amide bonds. The molecule has 0 N–H and O–H groups in total. The minimum atomic E-state index is -0.334. The number of rotatable bonds is 9. The van der Waals surface area contributed by atoms with Gasteiger partial charge >= 0.3 is 0 Å². The lowest BCUT2D eigenvalue weighted by Gasteiger charge is -2.58. The van der Waals surface area contributed by atoms with Gasteiger partial charge in [0, 0.05) is 66.9 Å². The number of likely N-dealkylation sites (tertiary alicyclic amines) is 2. The molecule has 0 unspecified atom stereocenters. The van der Waals surface area contributed by atoms with Gasteiger partial charge in [0.05, 0.1) is 5.69 Å². The summed E-state index contributed by atoms with van der Waals surface area (Å²) in [6, 6.07) is 6.07. The van der Waals surface area contributed by atoms with Crippen LogP contribution in [0.15, 0.2) is 37.1 Å². The number of hydrogen-bond acceptors (Lipinski definition) is 9. The molecular formula is C33H41FN8O. The molecule has 1 atom stereocenters. The Hall–Kier alpha value is -3.24. The van der Waals surface area contributed by atoms with E-state index in [1.807, 2.05) is 0 Å². The van der Waals surface area contributed by atoms with Crippen molar-refractivity contribution in [2.24, 2.45) is 17.3 Å². The van der Waals surface area contributed by atoms with Crippen molar-refractivity contribution in [1.29, 1.82) is 0 Å². The maximum Gasteiger partial charge on any atom is 0.282 e. The Morgan fingerprint density at radius 1 is 1.00 bits per heavy atom. The minimum Gasteiger partial charge on any atom is -0.434 e. The Labute approximate surface area is 252 Å². The zero-order chi connectivity index (χ0) is 29.1. The molecule has 0 radical (unpaired) electrons. The van der Waals surface area contributed by atoms with Crippen molar-refractivity contribution in [2.75, 3.05) is 44.2 Å². The second kappa shape index (κ2) is 10.7. The molecular weight excluding hydrogens is 543 g/mol. The maximum atomic E-state index is 14.5. The molecule has 3 saturated heterocycles. The van der Waals surface area contributed by atoms with Crippen LogP contribution in [0.3, 0.4) is 0 Å². The van der Waals surface area contributed by atoms with Gasteiger partial charge in [-0.15, -0.1) is 10.2 Å². The van der Waals surface area contributed by atoms with Crippen LogP contribution in [0.1, 0.15) is 64.0 Å². The second-order valence-corrected chi connectivity index (χ2v) is 14.0. The van der Waals surface area contributed by atoms with Crippen molar-refractivity contribution < 1.29 is 9.13 Å². The predicted octanol–water partition coefficient (Wildman–Crippen LogP) is 5.16. The third-order valence-electron chi connectivity index (χ3n) is 10.7. The van der Waals surface area contributed by atoms with Crippen LogP contribution in [-0.4, -0.2) is 86.3 Å². The van der Waals surface area contributed by atoms with Crippen molar-refractivity contribution >= 4 is 5.82 Å². The van der Waals surface area contributed by atoms with Crippen molar-refractivity contribution in [3.63, 3.8) is 0 Å². The molecule has 5 fully saturated rings. The van der Waals surface area contributed by atoms with Crippen molar-refractivity contribution in [2.45, 2.75) is 70.4 Å². The molecule has 0 bridgehead atoms. The van der Waals surface area contributed by atoms with Crippen LogP contribution in [-0.2, 0) is 0 Å². The van der Waals surface area contributed by atoms with Gasteiger partial charge in [0.2, 0.25) is 0 Å². The summed E-state index contributed by atoms with van der Waals surface area (Å²) in [4.78, 5) is 21.2. The molecule has 8 rings (SSSR count). The molecule has 2 aliphatic carbocycles. The summed E-state index contributed by atoms with van der Waals surface area (Å²) < 4.78 is 20.9. The van der Waals surface area contributed by atoms with Crippen LogP contribution in [0, 0.1) is 23.1 Å². The van der Waals surface area contributed by atoms with E-state index in [9.17, 15) is 4.39 Å². The van der Waals surface area contributed by atoms with E-state index in [2.05, 4.69) is 53.7 Å². The van der Waals surface area contributed by atoms with Gasteiger partial charge in [-0.05, 0) is 81.6 Å². The molecule has 3 aliphatic heterocycles. The number of nitrogens with zero attached hydrogens (tertiary/aromatic N) is 8. The lowest BCUT2D eigenvalue weighted by atomic mass is 9.67. The number of aromatic nitrogens is 5.